The molecule has 0 spiro atoms. The van der Waals surface area contributed by atoms with Gasteiger partial charge in [0.2, 0.25) is 0 Å². The number of halogens is 5. The molecule has 4 heterocycles. The van der Waals surface area contributed by atoms with Gasteiger partial charge in [0.05, 0.1) is 39.0 Å². The van der Waals surface area contributed by atoms with Crippen molar-refractivity contribution in [3.8, 4) is 22.5 Å². The molecule has 0 N–H and O–H groups in total. The molecule has 0 saturated heterocycles. The zero-order valence-electron chi connectivity index (χ0n) is 30.0. The summed E-state index contributed by atoms with van der Waals surface area (Å²) in [6, 6.07) is 43.5. The smallest absolute Gasteiger partial charge is 0.417 e. The summed E-state index contributed by atoms with van der Waals surface area (Å²) in [5.41, 5.74) is 3.65. The van der Waals surface area contributed by atoms with E-state index in [1.165, 1.54) is 6.07 Å². The van der Waals surface area contributed by atoms with Crippen LogP contribution in [0.4, 0.5) is 22.0 Å². The molecule has 0 saturated carbocycles. The third kappa shape index (κ3) is 4.49. The van der Waals surface area contributed by atoms with Crippen LogP contribution >= 0.6 is 0 Å². The third-order valence-corrected chi connectivity index (χ3v) is 11.4. The molecule has 12 rings (SSSR count). The highest BCUT2D eigenvalue weighted by molar-refractivity contribution is 6.23. The van der Waals surface area contributed by atoms with E-state index < -0.39 is 23.4 Å². The minimum absolute atomic E-state index is 0.169. The van der Waals surface area contributed by atoms with Crippen LogP contribution in [0.2, 0.25) is 0 Å². The van der Waals surface area contributed by atoms with Gasteiger partial charge in [0.1, 0.15) is 22.8 Å². The van der Waals surface area contributed by atoms with E-state index in [9.17, 15) is 8.78 Å². The number of furan rings is 2. The number of hydrogen-bond acceptors (Lipinski definition) is 2. The predicted molar refractivity (Wildman–Crippen MR) is 220 cm³/mol. The van der Waals surface area contributed by atoms with E-state index in [0.717, 1.165) is 61.3 Å². The zero-order valence-corrected chi connectivity index (χ0v) is 30.0. The summed E-state index contributed by atoms with van der Waals surface area (Å²) in [7, 11) is 0. The molecule has 58 heavy (non-hydrogen) atoms. The molecule has 278 valence electrons. The van der Waals surface area contributed by atoms with Crippen molar-refractivity contribution in [2.75, 3.05) is 0 Å². The Bertz CT molecular complexity index is 3690. The highest BCUT2D eigenvalue weighted by Gasteiger charge is 2.37. The maximum atomic E-state index is 15.6. The van der Waals surface area contributed by atoms with Crippen LogP contribution in [0.3, 0.4) is 0 Å². The summed E-state index contributed by atoms with van der Waals surface area (Å²) in [5, 5.41) is 6.61. The quantitative estimate of drug-likeness (QED) is 0.168. The lowest BCUT2D eigenvalue weighted by Gasteiger charge is -2.22. The summed E-state index contributed by atoms with van der Waals surface area (Å²) in [6.45, 7) is 0. The van der Waals surface area contributed by atoms with Crippen molar-refractivity contribution in [2.24, 2.45) is 0 Å². The molecule has 12 aromatic rings. The van der Waals surface area contributed by atoms with Gasteiger partial charge in [0, 0.05) is 49.2 Å². The lowest BCUT2D eigenvalue weighted by atomic mass is 9.96. The second-order valence-electron chi connectivity index (χ2n) is 14.6. The highest BCUT2D eigenvalue weighted by Crippen LogP contribution is 2.48. The molecule has 0 fully saturated rings. The van der Waals surface area contributed by atoms with E-state index in [1.54, 1.807) is 0 Å². The van der Waals surface area contributed by atoms with Gasteiger partial charge < -0.3 is 18.0 Å². The van der Waals surface area contributed by atoms with Gasteiger partial charge in [-0.3, -0.25) is 0 Å². The third-order valence-electron chi connectivity index (χ3n) is 11.4. The summed E-state index contributed by atoms with van der Waals surface area (Å²) < 4.78 is 93.8. The van der Waals surface area contributed by atoms with Gasteiger partial charge in [-0.1, -0.05) is 84.9 Å². The normalized spacial score (nSPS) is 12.6. The van der Waals surface area contributed by atoms with Crippen molar-refractivity contribution in [2.45, 2.75) is 6.18 Å². The fourth-order valence-electron chi connectivity index (χ4n) is 9.08. The monoisotopic (exact) mass is 768 g/mol. The van der Waals surface area contributed by atoms with E-state index in [-0.39, 0.29) is 16.8 Å². The predicted octanol–water partition coefficient (Wildman–Crippen LogP) is 14.6. The fraction of sp³-hybridized carbons (Fsp3) is 0.0204. The molecule has 0 atom stereocenters. The van der Waals surface area contributed by atoms with Crippen LogP contribution in [0.25, 0.3) is 110 Å². The second-order valence-corrected chi connectivity index (χ2v) is 14.6. The van der Waals surface area contributed by atoms with Crippen LogP contribution in [0.1, 0.15) is 5.56 Å². The largest absolute Gasteiger partial charge is 0.454 e. The molecular weight excluding hydrogens is 744 g/mol. The topological polar surface area (TPSA) is 36.1 Å². The second kappa shape index (κ2) is 11.6. The number of alkyl halides is 3. The number of nitrogens with zero attached hydrogens (tertiary/aromatic N) is 2. The summed E-state index contributed by atoms with van der Waals surface area (Å²) in [6.07, 6.45) is -4.94. The molecule has 0 aliphatic carbocycles. The molecule has 8 aromatic carbocycles. The molecule has 9 heteroatoms. The van der Waals surface area contributed by atoms with Gasteiger partial charge >= 0.3 is 6.18 Å². The molecule has 0 bridgehead atoms. The van der Waals surface area contributed by atoms with Crippen molar-refractivity contribution in [1.29, 1.82) is 0 Å². The standard InChI is InChI=1S/C49H25F5N2O2/c50-27-21-26(22-28(51)23-27)37-24-41(55-39-13-5-1-9-29(39)33-17-19-35-31-11-3-7-15-43(31)57-47(35)45(33)55)42(25-38(37)49(52,53)54)56-40-14-6-2-10-30(40)34-18-20-36-32-12-4-8-16-44(32)58-48(36)46(34)56/h1-25H. The van der Waals surface area contributed by atoms with Gasteiger partial charge in [0.25, 0.3) is 0 Å². The first-order valence-electron chi connectivity index (χ1n) is 18.6. The maximum Gasteiger partial charge on any atom is 0.417 e. The SMILES string of the molecule is Fc1cc(F)cc(-c2cc(-n3c4ccccc4c4ccc5c6ccccc6oc5c43)c(-n3c4ccccc4c4ccc5c6ccccc6oc5c43)cc2C(F)(F)F)c1. The Morgan fingerprint density at radius 2 is 0.845 bits per heavy atom. The summed E-state index contributed by atoms with van der Waals surface area (Å²) >= 11 is 0. The van der Waals surface area contributed by atoms with Crippen molar-refractivity contribution in [1.82, 2.24) is 9.13 Å². The number of benzene rings is 8. The molecule has 4 nitrogen and oxygen atoms in total. The van der Waals surface area contributed by atoms with Crippen LogP contribution < -0.4 is 0 Å². The van der Waals surface area contributed by atoms with E-state index >= 15 is 13.2 Å². The van der Waals surface area contributed by atoms with Crippen LogP contribution in [-0.2, 0) is 6.18 Å². The molecular formula is C49H25F5N2O2. The van der Waals surface area contributed by atoms with Crippen LogP contribution in [-0.4, -0.2) is 9.13 Å². The average Bonchev–Trinajstić information content (AvgIpc) is 3.97. The summed E-state index contributed by atoms with van der Waals surface area (Å²) in [4.78, 5) is 0. The molecule has 0 unspecified atom stereocenters. The van der Waals surface area contributed by atoms with Crippen molar-refractivity contribution in [3.05, 3.63) is 169 Å². The zero-order chi connectivity index (χ0) is 39.0. The molecule has 4 aromatic heterocycles. The minimum atomic E-state index is -4.94. The Hall–Kier alpha value is -7.39. The Balaban J connectivity index is 1.34. The number of rotatable bonds is 3. The number of hydrogen-bond donors (Lipinski definition) is 0. The van der Waals surface area contributed by atoms with Gasteiger partial charge in [-0.15, -0.1) is 0 Å². The Morgan fingerprint density at radius 1 is 0.414 bits per heavy atom. The van der Waals surface area contributed by atoms with E-state index in [0.29, 0.717) is 56.2 Å². The van der Waals surface area contributed by atoms with E-state index in [4.69, 9.17) is 8.83 Å². The number of fused-ring (bicyclic) bond motifs is 14. The average molecular weight is 769 g/mol. The Morgan fingerprint density at radius 3 is 1.34 bits per heavy atom. The lowest BCUT2D eigenvalue weighted by Crippen LogP contribution is -2.12. The van der Waals surface area contributed by atoms with Crippen molar-refractivity contribution < 1.29 is 30.8 Å². The molecule has 0 radical (unpaired) electrons. The first-order valence-corrected chi connectivity index (χ1v) is 18.6. The number of para-hydroxylation sites is 4. The van der Waals surface area contributed by atoms with Crippen molar-refractivity contribution in [3.63, 3.8) is 0 Å². The molecule has 0 aliphatic rings. The van der Waals surface area contributed by atoms with Crippen LogP contribution in [0.15, 0.2) is 160 Å². The maximum absolute atomic E-state index is 15.6. The lowest BCUT2D eigenvalue weighted by molar-refractivity contribution is -0.137. The van der Waals surface area contributed by atoms with Crippen molar-refractivity contribution >= 4 is 87.5 Å². The van der Waals surface area contributed by atoms with E-state index in [2.05, 4.69) is 0 Å². The van der Waals surface area contributed by atoms with Gasteiger partial charge in [-0.2, -0.15) is 13.2 Å². The highest BCUT2D eigenvalue weighted by atomic mass is 19.4. The van der Waals surface area contributed by atoms with Crippen LogP contribution in [0, 0.1) is 11.6 Å². The molecule has 0 amide bonds. The van der Waals surface area contributed by atoms with Crippen LogP contribution in [0.5, 0.6) is 0 Å². The first-order chi connectivity index (χ1) is 28.2. The number of aromatic nitrogens is 2. The minimum Gasteiger partial charge on any atom is -0.454 e. The van der Waals surface area contributed by atoms with Gasteiger partial charge in [-0.05, 0) is 71.8 Å². The van der Waals surface area contributed by atoms with E-state index in [1.807, 2.05) is 130 Å². The molecule has 0 aliphatic heterocycles. The summed E-state index contributed by atoms with van der Waals surface area (Å²) in [5.74, 6) is -1.99. The Kier molecular flexibility index (Phi) is 6.55. The first kappa shape index (κ1) is 32.8. The fourth-order valence-corrected chi connectivity index (χ4v) is 9.08. The Labute approximate surface area is 324 Å². The van der Waals surface area contributed by atoms with Gasteiger partial charge in [-0.25, -0.2) is 8.78 Å². The van der Waals surface area contributed by atoms with Gasteiger partial charge in [0.15, 0.2) is 11.2 Å².